The third-order valence-corrected chi connectivity index (χ3v) is 8.42. The first-order valence-corrected chi connectivity index (χ1v) is 13.8. The molecule has 38 heavy (non-hydrogen) atoms. The number of anilines is 2. The Kier molecular flexibility index (Phi) is 8.83. The number of carbonyl (C=O) groups is 3. The first-order valence-electron chi connectivity index (χ1n) is 13.0. The third kappa shape index (κ3) is 6.24. The third-order valence-electron chi connectivity index (χ3n) is 7.26. The molecule has 1 aliphatic carbocycles. The van der Waals surface area contributed by atoms with Crippen LogP contribution in [-0.4, -0.2) is 73.5 Å². The van der Waals surface area contributed by atoms with E-state index in [2.05, 4.69) is 17.2 Å². The summed E-state index contributed by atoms with van der Waals surface area (Å²) in [7, 11) is 3.45. The van der Waals surface area contributed by atoms with Gasteiger partial charge in [-0.3, -0.25) is 14.6 Å². The molecule has 2 amide bonds. The normalized spacial score (nSPS) is 21.8. The van der Waals surface area contributed by atoms with Gasteiger partial charge in [0.2, 0.25) is 5.91 Å². The Balaban J connectivity index is 1.59. The number of amides is 2. The van der Waals surface area contributed by atoms with E-state index in [9.17, 15) is 19.5 Å². The maximum absolute atomic E-state index is 13.7. The van der Waals surface area contributed by atoms with Crippen molar-refractivity contribution >= 4 is 46.8 Å². The number of benzene rings is 1. The summed E-state index contributed by atoms with van der Waals surface area (Å²) in [5, 5.41) is 12.9. The predicted molar refractivity (Wildman–Crippen MR) is 150 cm³/mol. The van der Waals surface area contributed by atoms with Crippen LogP contribution < -0.4 is 10.2 Å². The SMILES string of the molecule is COCC(C)N(c1cc(-c2ccc(NC(=O)C3CN(C)C=N3)cc2)sc1C(=O)O)C(=O)[C@H]1CC[C@H](C)CC1. The van der Waals surface area contributed by atoms with Crippen LogP contribution in [0.1, 0.15) is 49.2 Å². The summed E-state index contributed by atoms with van der Waals surface area (Å²) in [4.78, 5) is 47.1. The lowest BCUT2D eigenvalue weighted by Crippen LogP contribution is -2.45. The number of hydrogen-bond donors (Lipinski definition) is 2. The molecule has 204 valence electrons. The molecular formula is C28H36N4O5S. The summed E-state index contributed by atoms with van der Waals surface area (Å²) in [5.41, 5.74) is 1.85. The van der Waals surface area contributed by atoms with Crippen LogP contribution in [0.25, 0.3) is 10.4 Å². The minimum atomic E-state index is -1.07. The number of carbonyl (C=O) groups excluding carboxylic acids is 2. The van der Waals surface area contributed by atoms with Crippen LogP contribution in [0.4, 0.5) is 11.4 Å². The number of thiophene rings is 1. The van der Waals surface area contributed by atoms with Gasteiger partial charge < -0.3 is 25.0 Å². The van der Waals surface area contributed by atoms with Gasteiger partial charge in [0.1, 0.15) is 10.9 Å². The number of methoxy groups -OCH3 is 1. The molecule has 2 atom stereocenters. The highest BCUT2D eigenvalue weighted by atomic mass is 32.1. The Hall–Kier alpha value is -3.24. The molecule has 9 nitrogen and oxygen atoms in total. The van der Waals surface area contributed by atoms with Gasteiger partial charge >= 0.3 is 5.97 Å². The van der Waals surface area contributed by atoms with E-state index in [0.29, 0.717) is 30.4 Å². The molecule has 0 bridgehead atoms. The molecule has 0 spiro atoms. The monoisotopic (exact) mass is 540 g/mol. The number of aromatic carboxylic acids is 1. The van der Waals surface area contributed by atoms with Gasteiger partial charge in [-0.15, -0.1) is 11.3 Å². The molecule has 2 aromatic rings. The van der Waals surface area contributed by atoms with E-state index in [0.717, 1.165) is 47.5 Å². The maximum Gasteiger partial charge on any atom is 0.348 e. The molecule has 1 aromatic carbocycles. The molecule has 1 fully saturated rings. The van der Waals surface area contributed by atoms with Crippen molar-refractivity contribution < 1.29 is 24.2 Å². The number of ether oxygens (including phenoxy) is 1. The van der Waals surface area contributed by atoms with E-state index in [1.54, 1.807) is 36.5 Å². The lowest BCUT2D eigenvalue weighted by Gasteiger charge is -2.34. The van der Waals surface area contributed by atoms with Crippen LogP contribution in [-0.2, 0) is 14.3 Å². The summed E-state index contributed by atoms with van der Waals surface area (Å²) in [5.74, 6) is -0.801. The second kappa shape index (κ2) is 12.1. The zero-order valence-electron chi connectivity index (χ0n) is 22.3. The number of carboxylic acids is 1. The van der Waals surface area contributed by atoms with Crippen molar-refractivity contribution in [3.63, 3.8) is 0 Å². The van der Waals surface area contributed by atoms with Crippen LogP contribution in [0.3, 0.4) is 0 Å². The smallest absolute Gasteiger partial charge is 0.348 e. The molecule has 2 heterocycles. The van der Waals surface area contributed by atoms with Crippen LogP contribution in [0.5, 0.6) is 0 Å². The van der Waals surface area contributed by atoms with Crippen molar-refractivity contribution in [2.24, 2.45) is 16.8 Å². The van der Waals surface area contributed by atoms with E-state index in [1.807, 2.05) is 31.0 Å². The van der Waals surface area contributed by atoms with Crippen LogP contribution in [0, 0.1) is 11.8 Å². The Morgan fingerprint density at radius 1 is 1.21 bits per heavy atom. The van der Waals surface area contributed by atoms with E-state index >= 15 is 0 Å². The van der Waals surface area contributed by atoms with Crippen molar-refractivity contribution in [1.82, 2.24) is 4.90 Å². The first kappa shape index (κ1) is 27.8. The molecule has 1 aromatic heterocycles. The average molecular weight is 541 g/mol. The van der Waals surface area contributed by atoms with Crippen LogP contribution >= 0.6 is 11.3 Å². The standard InChI is InChI=1S/C28H36N4O5S/c1-17-5-7-20(8-6-17)27(34)32(18(2)15-37-4)23-13-24(38-25(23)28(35)36)19-9-11-21(12-10-19)30-26(33)22-14-31(3)16-29-22/h9-13,16-18,20,22H,5-8,14-15H2,1-4H3,(H,30,33)(H,35,36)/t17-,18?,20-,22?. The zero-order valence-corrected chi connectivity index (χ0v) is 23.2. The van der Waals surface area contributed by atoms with Gasteiger partial charge in [0.25, 0.3) is 5.91 Å². The lowest BCUT2D eigenvalue weighted by molar-refractivity contribution is -0.124. The average Bonchev–Trinajstić information content (AvgIpc) is 3.52. The van der Waals surface area contributed by atoms with Crippen molar-refractivity contribution in [2.45, 2.75) is 51.6 Å². The number of rotatable bonds is 9. The molecule has 1 saturated carbocycles. The van der Waals surface area contributed by atoms with Gasteiger partial charge in [0.05, 0.1) is 24.7 Å². The highest BCUT2D eigenvalue weighted by molar-refractivity contribution is 7.18. The molecule has 4 rings (SSSR count). The number of carboxylic acid groups (broad SMARTS) is 1. The minimum absolute atomic E-state index is 0.0356. The first-order chi connectivity index (χ1) is 18.2. The number of aliphatic imine (C=N–C) groups is 1. The number of nitrogens with zero attached hydrogens (tertiary/aromatic N) is 3. The summed E-state index contributed by atoms with van der Waals surface area (Å²) in [6, 6.07) is 8.29. The van der Waals surface area contributed by atoms with Gasteiger partial charge in [-0.05, 0) is 62.3 Å². The Morgan fingerprint density at radius 3 is 2.47 bits per heavy atom. The fourth-order valence-corrected chi connectivity index (χ4v) is 6.10. The molecule has 0 saturated heterocycles. The van der Waals surface area contributed by atoms with Gasteiger partial charge in [0.15, 0.2) is 0 Å². The topological polar surface area (TPSA) is 112 Å². The fourth-order valence-electron chi connectivity index (χ4n) is 5.10. The zero-order chi connectivity index (χ0) is 27.4. The molecule has 10 heteroatoms. The number of nitrogens with one attached hydrogen (secondary N) is 1. The van der Waals surface area contributed by atoms with Crippen LogP contribution in [0.2, 0.25) is 0 Å². The Bertz CT molecular complexity index is 1190. The Labute approximate surface area is 227 Å². The molecule has 2 N–H and O–H groups in total. The molecule has 1 aliphatic heterocycles. The lowest BCUT2D eigenvalue weighted by atomic mass is 9.82. The van der Waals surface area contributed by atoms with E-state index in [1.165, 1.54) is 0 Å². The highest BCUT2D eigenvalue weighted by Gasteiger charge is 2.34. The second-order valence-electron chi connectivity index (χ2n) is 10.4. The minimum Gasteiger partial charge on any atom is -0.477 e. The molecule has 0 radical (unpaired) electrons. The predicted octanol–water partition coefficient (Wildman–Crippen LogP) is 4.59. The van der Waals surface area contributed by atoms with Crippen molar-refractivity contribution in [2.75, 3.05) is 37.5 Å². The number of likely N-dealkylation sites (N-methyl/N-ethyl adjacent to an activating group) is 1. The quantitative estimate of drug-likeness (QED) is 0.481. The van der Waals surface area contributed by atoms with Gasteiger partial charge in [-0.25, -0.2) is 4.79 Å². The summed E-state index contributed by atoms with van der Waals surface area (Å²) >= 11 is 1.14. The van der Waals surface area contributed by atoms with Gasteiger partial charge in [0, 0.05) is 37.2 Å². The fraction of sp³-hybridized carbons (Fsp3) is 0.500. The van der Waals surface area contributed by atoms with E-state index in [-0.39, 0.29) is 28.7 Å². The molecule has 2 aliphatic rings. The highest BCUT2D eigenvalue weighted by Crippen LogP contribution is 2.40. The number of hydrogen-bond acceptors (Lipinski definition) is 7. The van der Waals surface area contributed by atoms with Crippen molar-refractivity contribution in [1.29, 1.82) is 0 Å². The molecular weight excluding hydrogens is 504 g/mol. The molecule has 2 unspecified atom stereocenters. The maximum atomic E-state index is 13.7. The van der Waals surface area contributed by atoms with Crippen molar-refractivity contribution in [3.8, 4) is 10.4 Å². The Morgan fingerprint density at radius 2 is 1.89 bits per heavy atom. The van der Waals surface area contributed by atoms with Crippen molar-refractivity contribution in [3.05, 3.63) is 35.2 Å². The summed E-state index contributed by atoms with van der Waals surface area (Å²) < 4.78 is 5.36. The summed E-state index contributed by atoms with van der Waals surface area (Å²) in [6.07, 6.45) is 5.26. The second-order valence-corrected chi connectivity index (χ2v) is 11.4. The van der Waals surface area contributed by atoms with Crippen LogP contribution in [0.15, 0.2) is 35.3 Å². The van der Waals surface area contributed by atoms with Gasteiger partial charge in [-0.1, -0.05) is 19.1 Å². The largest absolute Gasteiger partial charge is 0.477 e. The van der Waals surface area contributed by atoms with E-state index < -0.39 is 12.0 Å². The van der Waals surface area contributed by atoms with E-state index in [4.69, 9.17) is 4.74 Å². The summed E-state index contributed by atoms with van der Waals surface area (Å²) in [6.45, 7) is 4.93. The van der Waals surface area contributed by atoms with Gasteiger partial charge in [-0.2, -0.15) is 0 Å².